The summed E-state index contributed by atoms with van der Waals surface area (Å²) in [6.07, 6.45) is -0.275. The van der Waals surface area contributed by atoms with E-state index < -0.39 is 16.5 Å². The van der Waals surface area contributed by atoms with Crippen LogP contribution in [-0.4, -0.2) is 67.2 Å². The Morgan fingerprint density at radius 3 is 2.11 bits per heavy atom. The molecule has 9 nitrogen and oxygen atoms in total. The second-order valence-electron chi connectivity index (χ2n) is 6.59. The topological polar surface area (TPSA) is 135 Å². The van der Waals surface area contributed by atoms with Crippen molar-refractivity contribution in [2.24, 2.45) is 0 Å². The molecule has 1 aromatic rings. The molecule has 0 aliphatic carbocycles. The van der Waals surface area contributed by atoms with Gasteiger partial charge in [-0.1, -0.05) is 26.0 Å². The lowest BCUT2D eigenvalue weighted by molar-refractivity contribution is 0.0143. The number of ether oxygens (including phenoxy) is 3. The van der Waals surface area contributed by atoms with E-state index in [1.807, 2.05) is 52.0 Å². The van der Waals surface area contributed by atoms with E-state index in [-0.39, 0.29) is 12.7 Å². The summed E-state index contributed by atoms with van der Waals surface area (Å²) in [5, 5.41) is 13.0. The second-order valence-corrected chi connectivity index (χ2v) is 7.49. The highest BCUT2D eigenvalue weighted by atomic mass is 32.3. The van der Waals surface area contributed by atoms with Gasteiger partial charge >= 0.3 is 10.4 Å². The van der Waals surface area contributed by atoms with Gasteiger partial charge in [-0.05, 0) is 31.5 Å². The lowest BCUT2D eigenvalue weighted by Gasteiger charge is -2.15. The molecule has 28 heavy (non-hydrogen) atoms. The van der Waals surface area contributed by atoms with Crippen LogP contribution < -0.4 is 10.1 Å². The maximum absolute atomic E-state index is 9.80. The lowest BCUT2D eigenvalue weighted by atomic mass is 10.2. The summed E-state index contributed by atoms with van der Waals surface area (Å²) >= 11 is 0. The average Bonchev–Trinajstić information content (AvgIpc) is 2.57. The first-order valence-electron chi connectivity index (χ1n) is 8.99. The summed E-state index contributed by atoms with van der Waals surface area (Å²) in [7, 11) is -4.67. The highest BCUT2D eigenvalue weighted by Gasteiger charge is 2.06. The molecule has 164 valence electrons. The van der Waals surface area contributed by atoms with Crippen molar-refractivity contribution in [3.8, 4) is 5.75 Å². The predicted molar refractivity (Wildman–Crippen MR) is 106 cm³/mol. The number of nitrogens with one attached hydrogen (secondary N) is 1. The van der Waals surface area contributed by atoms with Crippen molar-refractivity contribution in [1.29, 1.82) is 0 Å². The van der Waals surface area contributed by atoms with E-state index >= 15 is 0 Å². The smallest absolute Gasteiger partial charge is 0.394 e. The molecule has 10 heteroatoms. The molecule has 0 fully saturated rings. The normalized spacial score (nSPS) is 12.6. The Labute approximate surface area is 167 Å². The Kier molecular flexibility index (Phi) is 14.0. The fourth-order valence-electron chi connectivity index (χ4n) is 1.84. The van der Waals surface area contributed by atoms with Gasteiger partial charge in [-0.25, -0.2) is 0 Å². The minimum absolute atomic E-state index is 0.237. The molecule has 0 radical (unpaired) electrons. The molecule has 1 rings (SSSR count). The maximum Gasteiger partial charge on any atom is 0.394 e. The number of aliphatic hydroxyl groups is 1. The molecule has 0 heterocycles. The third kappa shape index (κ3) is 19.5. The highest BCUT2D eigenvalue weighted by molar-refractivity contribution is 7.79. The van der Waals surface area contributed by atoms with Gasteiger partial charge in [-0.2, -0.15) is 8.42 Å². The van der Waals surface area contributed by atoms with Gasteiger partial charge in [-0.3, -0.25) is 9.11 Å². The Bertz CT molecular complexity index is 597. The molecule has 1 atom stereocenters. The predicted octanol–water partition coefficient (Wildman–Crippen LogP) is 1.71. The standard InChI is InChI=1S/C18H31NO4.H2O4S/c1-14(2)19-11-17(20)13-23-18-7-5-16(6-8-18)12-21-9-10-22-15(3)4;1-5(2,3)4/h5-8,14-15,17,19-20H,9-13H2,1-4H3;(H2,1,2,3,4). The van der Waals surface area contributed by atoms with E-state index in [0.29, 0.717) is 32.4 Å². The summed E-state index contributed by atoms with van der Waals surface area (Å²) in [5.41, 5.74) is 1.09. The van der Waals surface area contributed by atoms with Crippen molar-refractivity contribution >= 4 is 10.4 Å². The number of rotatable bonds is 12. The van der Waals surface area contributed by atoms with Crippen molar-refractivity contribution in [2.45, 2.75) is 52.6 Å². The van der Waals surface area contributed by atoms with Gasteiger partial charge in [-0.15, -0.1) is 0 Å². The van der Waals surface area contributed by atoms with Gasteiger partial charge in [0.2, 0.25) is 0 Å². The van der Waals surface area contributed by atoms with Gasteiger partial charge in [0.05, 0.1) is 25.9 Å². The Balaban J connectivity index is 0.00000129. The van der Waals surface area contributed by atoms with E-state index in [0.717, 1.165) is 11.3 Å². The summed E-state index contributed by atoms with van der Waals surface area (Å²) in [5.74, 6) is 0.750. The van der Waals surface area contributed by atoms with E-state index in [9.17, 15) is 5.11 Å². The van der Waals surface area contributed by atoms with Crippen LogP contribution in [0.4, 0.5) is 0 Å². The summed E-state index contributed by atoms with van der Waals surface area (Å²) < 4.78 is 48.1. The highest BCUT2D eigenvalue weighted by Crippen LogP contribution is 2.13. The third-order valence-electron chi connectivity index (χ3n) is 3.08. The molecule has 0 spiro atoms. The fraction of sp³-hybridized carbons (Fsp3) is 0.667. The van der Waals surface area contributed by atoms with Crippen LogP contribution in [0.25, 0.3) is 0 Å². The van der Waals surface area contributed by atoms with Gasteiger partial charge in [0.25, 0.3) is 0 Å². The summed E-state index contributed by atoms with van der Waals surface area (Å²) in [6.45, 7) is 10.7. The van der Waals surface area contributed by atoms with Crippen LogP contribution in [0.2, 0.25) is 0 Å². The van der Waals surface area contributed by atoms with Gasteiger partial charge < -0.3 is 24.6 Å². The molecule has 1 aromatic carbocycles. The van der Waals surface area contributed by atoms with Crippen LogP contribution >= 0.6 is 0 Å². The largest absolute Gasteiger partial charge is 0.491 e. The Morgan fingerprint density at radius 2 is 1.61 bits per heavy atom. The van der Waals surface area contributed by atoms with Crippen LogP contribution in [-0.2, 0) is 26.5 Å². The molecule has 4 N–H and O–H groups in total. The van der Waals surface area contributed by atoms with Crippen molar-refractivity contribution in [3.63, 3.8) is 0 Å². The lowest BCUT2D eigenvalue weighted by Crippen LogP contribution is -2.35. The quantitative estimate of drug-likeness (QED) is 0.293. The Hall–Kier alpha value is -1.27. The molecule has 1 unspecified atom stereocenters. The van der Waals surface area contributed by atoms with Crippen molar-refractivity contribution in [3.05, 3.63) is 29.8 Å². The van der Waals surface area contributed by atoms with Gasteiger partial charge in [0, 0.05) is 12.6 Å². The molecular weight excluding hydrogens is 390 g/mol. The minimum atomic E-state index is -4.67. The van der Waals surface area contributed by atoms with Crippen LogP contribution in [0, 0.1) is 0 Å². The average molecular weight is 424 g/mol. The molecule has 0 saturated carbocycles. The van der Waals surface area contributed by atoms with Crippen LogP contribution in [0.5, 0.6) is 5.75 Å². The number of benzene rings is 1. The first kappa shape index (κ1) is 26.7. The molecule has 0 bridgehead atoms. The van der Waals surface area contributed by atoms with Crippen LogP contribution in [0.3, 0.4) is 0 Å². The van der Waals surface area contributed by atoms with E-state index in [4.69, 9.17) is 31.7 Å². The van der Waals surface area contributed by atoms with Crippen LogP contribution in [0.1, 0.15) is 33.3 Å². The van der Waals surface area contributed by atoms with Crippen molar-refractivity contribution in [1.82, 2.24) is 5.32 Å². The molecule has 0 aliphatic heterocycles. The van der Waals surface area contributed by atoms with E-state index in [2.05, 4.69) is 5.32 Å². The number of hydrogen-bond acceptors (Lipinski definition) is 7. The van der Waals surface area contributed by atoms with Gasteiger partial charge in [0.15, 0.2) is 0 Å². The summed E-state index contributed by atoms with van der Waals surface area (Å²) in [4.78, 5) is 0. The van der Waals surface area contributed by atoms with Gasteiger partial charge in [0.1, 0.15) is 18.5 Å². The van der Waals surface area contributed by atoms with E-state index in [1.165, 1.54) is 0 Å². The molecule has 0 aromatic heterocycles. The number of hydrogen-bond donors (Lipinski definition) is 4. The first-order valence-corrected chi connectivity index (χ1v) is 10.4. The minimum Gasteiger partial charge on any atom is -0.491 e. The second kappa shape index (κ2) is 14.7. The van der Waals surface area contributed by atoms with Crippen molar-refractivity contribution in [2.75, 3.05) is 26.4 Å². The molecular formula is C18H33NO8S. The molecule has 0 saturated heterocycles. The molecule has 0 amide bonds. The summed E-state index contributed by atoms with van der Waals surface area (Å²) in [6, 6.07) is 8.09. The zero-order valence-electron chi connectivity index (χ0n) is 16.9. The Morgan fingerprint density at radius 1 is 1.04 bits per heavy atom. The van der Waals surface area contributed by atoms with Crippen LogP contribution in [0.15, 0.2) is 24.3 Å². The van der Waals surface area contributed by atoms with E-state index in [1.54, 1.807) is 0 Å². The SMILES string of the molecule is CC(C)NCC(O)COc1ccc(COCCOC(C)C)cc1.O=S(=O)(O)O. The monoisotopic (exact) mass is 423 g/mol. The first-order chi connectivity index (χ1) is 13.0. The maximum atomic E-state index is 9.80. The third-order valence-corrected chi connectivity index (χ3v) is 3.08. The zero-order chi connectivity index (χ0) is 21.6. The number of aliphatic hydroxyl groups excluding tert-OH is 1. The zero-order valence-corrected chi connectivity index (χ0v) is 17.7. The van der Waals surface area contributed by atoms with Crippen molar-refractivity contribution < 1.29 is 36.8 Å². The molecule has 0 aliphatic rings. The fourth-order valence-corrected chi connectivity index (χ4v) is 1.84.